The number of aliphatic hydroxyl groups excluding tert-OH is 2. The van der Waals surface area contributed by atoms with Crippen molar-refractivity contribution in [2.45, 2.75) is 46.5 Å². The van der Waals surface area contributed by atoms with Gasteiger partial charge < -0.3 is 10.2 Å². The van der Waals surface area contributed by atoms with Gasteiger partial charge in [-0.25, -0.2) is 0 Å². The second-order valence-corrected chi connectivity index (χ2v) is 4.31. The molecule has 0 aromatic heterocycles. The van der Waals surface area contributed by atoms with Crippen molar-refractivity contribution in [2.24, 2.45) is 11.8 Å². The Balaban J connectivity index is 0. The summed E-state index contributed by atoms with van der Waals surface area (Å²) in [6.45, 7) is 10.1. The van der Waals surface area contributed by atoms with E-state index in [9.17, 15) is 5.11 Å². The van der Waals surface area contributed by atoms with Crippen molar-refractivity contribution in [3.05, 3.63) is 36.5 Å². The number of aliphatic hydroxyl groups is 2. The minimum atomic E-state index is 0.341. The molecule has 1 saturated carbocycles. The second-order valence-electron chi connectivity index (χ2n) is 4.31. The summed E-state index contributed by atoms with van der Waals surface area (Å²) in [5.41, 5.74) is 1.37. The van der Waals surface area contributed by atoms with Gasteiger partial charge >= 0.3 is 0 Å². The summed E-state index contributed by atoms with van der Waals surface area (Å²) in [6.07, 6.45) is 13.0. The van der Waals surface area contributed by atoms with Crippen molar-refractivity contribution in [1.82, 2.24) is 0 Å². The first-order valence-corrected chi connectivity index (χ1v) is 7.32. The highest BCUT2D eigenvalue weighted by Crippen LogP contribution is 2.33. The molecule has 2 unspecified atom stereocenters. The molecule has 2 N–H and O–H groups in total. The lowest BCUT2D eigenvalue weighted by Crippen LogP contribution is -2.19. The first kappa shape index (κ1) is 20.5. The van der Waals surface area contributed by atoms with Crippen molar-refractivity contribution in [1.29, 1.82) is 0 Å². The van der Waals surface area contributed by atoms with Gasteiger partial charge in [0, 0.05) is 13.7 Å². The van der Waals surface area contributed by atoms with Gasteiger partial charge in [0.1, 0.15) is 0 Å². The van der Waals surface area contributed by atoms with Crippen LogP contribution in [0.2, 0.25) is 0 Å². The minimum Gasteiger partial charge on any atom is -0.400 e. The average molecular weight is 268 g/mol. The number of hydrogen-bond donors (Lipinski definition) is 2. The normalized spacial score (nSPS) is 22.9. The van der Waals surface area contributed by atoms with Crippen LogP contribution >= 0.6 is 0 Å². The molecule has 1 aliphatic carbocycles. The standard InChI is InChI=1S/C14H22O.C2H6.CH4O/c1-3-6-13(7-4-2)14-9-5-8-12(10-14)11-15;2*1-2/h3-4,6-7,12,14-15H,1,5,8-11H2,2H3;1-2H3;2H,1H3/b7-4-,13-6+;;. The van der Waals surface area contributed by atoms with Gasteiger partial charge in [0.15, 0.2) is 0 Å². The lowest BCUT2D eigenvalue weighted by Gasteiger charge is -2.28. The summed E-state index contributed by atoms with van der Waals surface area (Å²) in [4.78, 5) is 0. The molecular formula is C17H32O2. The van der Waals surface area contributed by atoms with Crippen molar-refractivity contribution in [2.75, 3.05) is 13.7 Å². The van der Waals surface area contributed by atoms with Crippen molar-refractivity contribution in [3.8, 4) is 0 Å². The van der Waals surface area contributed by atoms with Crippen molar-refractivity contribution >= 4 is 0 Å². The van der Waals surface area contributed by atoms with Gasteiger partial charge in [0.05, 0.1) is 0 Å². The van der Waals surface area contributed by atoms with Crippen LogP contribution in [0.25, 0.3) is 0 Å². The zero-order chi connectivity index (χ0) is 15.1. The number of hydrogen-bond acceptors (Lipinski definition) is 2. The third kappa shape index (κ3) is 8.79. The van der Waals surface area contributed by atoms with Crippen molar-refractivity contribution < 1.29 is 10.2 Å². The largest absolute Gasteiger partial charge is 0.400 e. The first-order chi connectivity index (χ1) is 9.31. The summed E-state index contributed by atoms with van der Waals surface area (Å²) in [7, 11) is 1.00. The van der Waals surface area contributed by atoms with Crippen LogP contribution in [0.4, 0.5) is 0 Å². The van der Waals surface area contributed by atoms with E-state index in [0.29, 0.717) is 18.4 Å². The van der Waals surface area contributed by atoms with Crippen LogP contribution in [0.3, 0.4) is 0 Å². The van der Waals surface area contributed by atoms with Gasteiger partial charge in [-0.15, -0.1) is 0 Å². The fourth-order valence-electron chi connectivity index (χ4n) is 2.42. The molecule has 2 nitrogen and oxygen atoms in total. The van der Waals surface area contributed by atoms with E-state index in [0.717, 1.165) is 13.5 Å². The smallest absolute Gasteiger partial charge is 0.0459 e. The van der Waals surface area contributed by atoms with E-state index in [1.165, 1.54) is 24.8 Å². The van der Waals surface area contributed by atoms with E-state index in [2.05, 4.69) is 24.8 Å². The van der Waals surface area contributed by atoms with Gasteiger partial charge in [-0.3, -0.25) is 0 Å². The summed E-state index contributed by atoms with van der Waals surface area (Å²) in [5, 5.41) is 16.2. The van der Waals surface area contributed by atoms with Crippen LogP contribution in [-0.2, 0) is 0 Å². The van der Waals surface area contributed by atoms with E-state index in [1.54, 1.807) is 0 Å². The average Bonchev–Trinajstić information content (AvgIpc) is 2.51. The Hall–Kier alpha value is -0.860. The van der Waals surface area contributed by atoms with E-state index in [-0.39, 0.29) is 0 Å². The number of rotatable bonds is 4. The highest BCUT2D eigenvalue weighted by molar-refractivity contribution is 5.25. The molecule has 0 bridgehead atoms. The lowest BCUT2D eigenvalue weighted by atomic mass is 9.78. The summed E-state index contributed by atoms with van der Waals surface area (Å²) >= 11 is 0. The van der Waals surface area contributed by atoms with Crippen molar-refractivity contribution in [3.63, 3.8) is 0 Å². The van der Waals surface area contributed by atoms with Gasteiger partial charge in [-0.2, -0.15) is 0 Å². The Kier molecular flexibility index (Phi) is 16.4. The van der Waals surface area contributed by atoms with E-state index < -0.39 is 0 Å². The molecule has 1 fully saturated rings. The Morgan fingerprint density at radius 2 is 1.89 bits per heavy atom. The molecule has 19 heavy (non-hydrogen) atoms. The van der Waals surface area contributed by atoms with Crippen LogP contribution < -0.4 is 0 Å². The molecule has 1 rings (SSSR count). The third-order valence-corrected chi connectivity index (χ3v) is 3.18. The van der Waals surface area contributed by atoms with Gasteiger partial charge in [-0.05, 0) is 43.6 Å². The monoisotopic (exact) mass is 268 g/mol. The maximum absolute atomic E-state index is 9.19. The topological polar surface area (TPSA) is 40.5 Å². The predicted octanol–water partition coefficient (Wildman–Crippen LogP) is 4.11. The molecule has 0 amide bonds. The maximum Gasteiger partial charge on any atom is 0.0459 e. The van der Waals surface area contributed by atoms with Crippen LogP contribution in [0.5, 0.6) is 0 Å². The quantitative estimate of drug-likeness (QED) is 0.753. The van der Waals surface area contributed by atoms with E-state index in [4.69, 9.17) is 5.11 Å². The summed E-state index contributed by atoms with van der Waals surface area (Å²) in [6, 6.07) is 0. The third-order valence-electron chi connectivity index (χ3n) is 3.18. The highest BCUT2D eigenvalue weighted by atomic mass is 16.3. The molecule has 0 aromatic rings. The maximum atomic E-state index is 9.19. The van der Waals surface area contributed by atoms with Gasteiger partial charge in [-0.1, -0.05) is 51.2 Å². The Morgan fingerprint density at radius 3 is 2.37 bits per heavy atom. The fraction of sp³-hybridized carbons (Fsp3) is 0.647. The molecule has 0 aliphatic heterocycles. The Labute approximate surface area is 119 Å². The summed E-state index contributed by atoms with van der Waals surface area (Å²) in [5.74, 6) is 1.12. The first-order valence-electron chi connectivity index (χ1n) is 7.32. The number of allylic oxidation sites excluding steroid dienone is 5. The Morgan fingerprint density at radius 1 is 1.26 bits per heavy atom. The minimum absolute atomic E-state index is 0.341. The van der Waals surface area contributed by atoms with Gasteiger partial charge in [0.2, 0.25) is 0 Å². The fourth-order valence-corrected chi connectivity index (χ4v) is 2.42. The lowest BCUT2D eigenvalue weighted by molar-refractivity contribution is 0.171. The van der Waals surface area contributed by atoms with E-state index >= 15 is 0 Å². The van der Waals surface area contributed by atoms with Crippen LogP contribution in [-0.4, -0.2) is 23.9 Å². The van der Waals surface area contributed by atoms with Crippen LogP contribution in [0.1, 0.15) is 46.5 Å². The van der Waals surface area contributed by atoms with Crippen LogP contribution in [0.15, 0.2) is 36.5 Å². The predicted molar refractivity (Wildman–Crippen MR) is 85.1 cm³/mol. The molecule has 0 aromatic carbocycles. The highest BCUT2D eigenvalue weighted by Gasteiger charge is 2.22. The summed E-state index contributed by atoms with van der Waals surface area (Å²) < 4.78 is 0. The second kappa shape index (κ2) is 15.2. The molecule has 112 valence electrons. The molecule has 0 spiro atoms. The molecule has 2 heteroatoms. The molecule has 2 atom stereocenters. The SMILES string of the molecule is C=C/C=C(\C=C/C)C1CCCC(CO)C1.CC.CO. The molecule has 1 aliphatic rings. The van der Waals surface area contributed by atoms with Crippen LogP contribution in [0, 0.1) is 11.8 Å². The zero-order valence-electron chi connectivity index (χ0n) is 13.1. The zero-order valence-corrected chi connectivity index (χ0v) is 13.1. The molecule has 0 radical (unpaired) electrons. The molecule has 0 heterocycles. The Bertz CT molecular complexity index is 254. The van der Waals surface area contributed by atoms with E-state index in [1.807, 2.05) is 26.8 Å². The van der Waals surface area contributed by atoms with Gasteiger partial charge in [0.25, 0.3) is 0 Å². The molecule has 0 saturated heterocycles. The molecular weight excluding hydrogens is 236 g/mol.